The standard InChI is InChI=1S/C12H9BrN4O/c13-9-6-15-17(7-9)10-3-1-8(2-4-10)11-5-12(14)16-18-11/h1-7H,(H2,14,16). The third-order valence-corrected chi connectivity index (χ3v) is 2.91. The van der Waals surface area contributed by atoms with Gasteiger partial charge in [-0.15, -0.1) is 0 Å². The molecule has 0 saturated carbocycles. The highest BCUT2D eigenvalue weighted by molar-refractivity contribution is 9.10. The molecular formula is C12H9BrN4O. The highest BCUT2D eigenvalue weighted by Gasteiger charge is 2.05. The normalized spacial score (nSPS) is 10.7. The van der Waals surface area contributed by atoms with Crippen LogP contribution < -0.4 is 5.73 Å². The molecule has 3 rings (SSSR count). The van der Waals surface area contributed by atoms with Crippen molar-refractivity contribution in [3.05, 3.63) is 47.2 Å². The lowest BCUT2D eigenvalue weighted by molar-refractivity contribution is 0.436. The fourth-order valence-corrected chi connectivity index (χ4v) is 1.93. The second kappa shape index (κ2) is 4.30. The zero-order valence-corrected chi connectivity index (χ0v) is 10.8. The van der Waals surface area contributed by atoms with E-state index in [9.17, 15) is 0 Å². The lowest BCUT2D eigenvalue weighted by Crippen LogP contribution is -1.93. The van der Waals surface area contributed by atoms with Gasteiger partial charge in [0.05, 0.1) is 16.4 Å². The van der Waals surface area contributed by atoms with Gasteiger partial charge in [0.2, 0.25) is 0 Å². The monoisotopic (exact) mass is 304 g/mol. The first-order valence-corrected chi connectivity index (χ1v) is 6.05. The summed E-state index contributed by atoms with van der Waals surface area (Å²) >= 11 is 3.36. The van der Waals surface area contributed by atoms with Crippen LogP contribution in [-0.2, 0) is 0 Å². The predicted molar refractivity (Wildman–Crippen MR) is 71.2 cm³/mol. The molecule has 0 radical (unpaired) electrons. The Labute approximate surface area is 111 Å². The Bertz CT molecular complexity index is 612. The molecule has 90 valence electrons. The van der Waals surface area contributed by atoms with Crippen molar-refractivity contribution in [2.45, 2.75) is 0 Å². The van der Waals surface area contributed by atoms with Gasteiger partial charge in [-0.1, -0.05) is 5.16 Å². The molecule has 0 saturated heterocycles. The van der Waals surface area contributed by atoms with Gasteiger partial charge in [-0.3, -0.25) is 0 Å². The quantitative estimate of drug-likeness (QED) is 0.790. The maximum Gasteiger partial charge on any atom is 0.169 e. The van der Waals surface area contributed by atoms with Gasteiger partial charge in [0.1, 0.15) is 0 Å². The first-order valence-electron chi connectivity index (χ1n) is 5.25. The molecule has 2 heterocycles. The minimum Gasteiger partial charge on any atom is -0.381 e. The van der Waals surface area contributed by atoms with Crippen molar-refractivity contribution in [1.82, 2.24) is 14.9 Å². The molecule has 0 aliphatic rings. The van der Waals surface area contributed by atoms with E-state index >= 15 is 0 Å². The summed E-state index contributed by atoms with van der Waals surface area (Å²) in [6, 6.07) is 9.47. The van der Waals surface area contributed by atoms with Gasteiger partial charge >= 0.3 is 0 Å². The number of nitrogen functional groups attached to an aromatic ring is 1. The van der Waals surface area contributed by atoms with E-state index in [1.165, 1.54) is 0 Å². The predicted octanol–water partition coefficient (Wildman–Crippen LogP) is 2.87. The van der Waals surface area contributed by atoms with Crippen molar-refractivity contribution < 1.29 is 4.52 Å². The summed E-state index contributed by atoms with van der Waals surface area (Å²) in [7, 11) is 0. The number of aromatic nitrogens is 3. The van der Waals surface area contributed by atoms with Gasteiger partial charge in [0, 0.05) is 17.8 Å². The molecule has 1 aromatic carbocycles. The summed E-state index contributed by atoms with van der Waals surface area (Å²) in [5, 5.41) is 7.86. The molecule has 0 atom stereocenters. The summed E-state index contributed by atoms with van der Waals surface area (Å²) in [5.74, 6) is 1.03. The Kier molecular flexibility index (Phi) is 2.64. The molecule has 2 N–H and O–H groups in total. The zero-order valence-electron chi connectivity index (χ0n) is 9.25. The summed E-state index contributed by atoms with van der Waals surface area (Å²) in [5.41, 5.74) is 7.41. The summed E-state index contributed by atoms with van der Waals surface area (Å²) in [4.78, 5) is 0. The van der Waals surface area contributed by atoms with Crippen LogP contribution in [0.5, 0.6) is 0 Å². The van der Waals surface area contributed by atoms with Crippen LogP contribution >= 0.6 is 15.9 Å². The molecular weight excluding hydrogens is 296 g/mol. The van der Waals surface area contributed by atoms with Crippen LogP contribution in [0.2, 0.25) is 0 Å². The largest absolute Gasteiger partial charge is 0.381 e. The number of halogens is 1. The second-order valence-corrected chi connectivity index (χ2v) is 4.68. The lowest BCUT2D eigenvalue weighted by atomic mass is 10.1. The summed E-state index contributed by atoms with van der Waals surface area (Å²) in [6.07, 6.45) is 3.63. The molecule has 0 unspecified atom stereocenters. The summed E-state index contributed by atoms with van der Waals surface area (Å²) < 4.78 is 7.81. The number of benzene rings is 1. The number of anilines is 1. The molecule has 0 bridgehead atoms. The average Bonchev–Trinajstić information content (AvgIpc) is 2.98. The first-order chi connectivity index (χ1) is 8.72. The van der Waals surface area contributed by atoms with Gasteiger partial charge in [0.15, 0.2) is 11.6 Å². The maximum atomic E-state index is 5.52. The van der Waals surface area contributed by atoms with Gasteiger partial charge in [-0.2, -0.15) is 5.10 Å². The summed E-state index contributed by atoms with van der Waals surface area (Å²) in [6.45, 7) is 0. The van der Waals surface area contributed by atoms with E-state index in [4.69, 9.17) is 10.3 Å². The highest BCUT2D eigenvalue weighted by Crippen LogP contribution is 2.22. The Morgan fingerprint density at radius 2 is 2.00 bits per heavy atom. The van der Waals surface area contributed by atoms with Crippen molar-refractivity contribution in [2.24, 2.45) is 0 Å². The molecule has 0 fully saturated rings. The SMILES string of the molecule is Nc1cc(-c2ccc(-n3cc(Br)cn3)cc2)on1. The van der Waals surface area contributed by atoms with Gasteiger partial charge in [-0.05, 0) is 40.2 Å². The van der Waals surface area contributed by atoms with Crippen LogP contribution in [0.15, 0.2) is 51.7 Å². The third kappa shape index (κ3) is 2.02. The molecule has 5 nitrogen and oxygen atoms in total. The smallest absolute Gasteiger partial charge is 0.169 e. The van der Waals surface area contributed by atoms with Crippen molar-refractivity contribution in [1.29, 1.82) is 0 Å². The fourth-order valence-electron chi connectivity index (χ4n) is 1.65. The third-order valence-electron chi connectivity index (χ3n) is 2.50. The molecule has 2 aromatic heterocycles. The number of rotatable bonds is 2. The van der Waals surface area contributed by atoms with Crippen LogP contribution in [0.1, 0.15) is 0 Å². The van der Waals surface area contributed by atoms with E-state index < -0.39 is 0 Å². The van der Waals surface area contributed by atoms with E-state index in [0.29, 0.717) is 11.6 Å². The number of hydrogen-bond acceptors (Lipinski definition) is 4. The Morgan fingerprint density at radius 3 is 2.56 bits per heavy atom. The van der Waals surface area contributed by atoms with E-state index in [-0.39, 0.29) is 0 Å². The number of nitrogens with two attached hydrogens (primary N) is 1. The van der Waals surface area contributed by atoms with Gasteiger partial charge in [0.25, 0.3) is 0 Å². The van der Waals surface area contributed by atoms with Crippen LogP contribution in [0.4, 0.5) is 5.82 Å². The van der Waals surface area contributed by atoms with E-state index in [0.717, 1.165) is 15.7 Å². The van der Waals surface area contributed by atoms with Crippen molar-refractivity contribution in [3.8, 4) is 17.0 Å². The molecule has 3 aromatic rings. The van der Waals surface area contributed by atoms with Crippen LogP contribution in [0, 0.1) is 0 Å². The Morgan fingerprint density at radius 1 is 1.22 bits per heavy atom. The zero-order chi connectivity index (χ0) is 12.5. The Balaban J connectivity index is 1.94. The lowest BCUT2D eigenvalue weighted by Gasteiger charge is -2.01. The van der Waals surface area contributed by atoms with Crippen molar-refractivity contribution in [3.63, 3.8) is 0 Å². The number of hydrogen-bond donors (Lipinski definition) is 1. The molecule has 0 spiro atoms. The van der Waals surface area contributed by atoms with Gasteiger partial charge < -0.3 is 10.3 Å². The highest BCUT2D eigenvalue weighted by atomic mass is 79.9. The van der Waals surface area contributed by atoms with Crippen molar-refractivity contribution in [2.75, 3.05) is 5.73 Å². The second-order valence-electron chi connectivity index (χ2n) is 3.77. The molecule has 0 aliphatic heterocycles. The van der Waals surface area contributed by atoms with E-state index in [1.807, 2.05) is 30.5 Å². The maximum absolute atomic E-state index is 5.52. The minimum atomic E-state index is 0.380. The van der Waals surface area contributed by atoms with Crippen LogP contribution in [-0.4, -0.2) is 14.9 Å². The van der Waals surface area contributed by atoms with Crippen molar-refractivity contribution >= 4 is 21.7 Å². The minimum absolute atomic E-state index is 0.380. The molecule has 0 aliphatic carbocycles. The topological polar surface area (TPSA) is 69.9 Å². The van der Waals surface area contributed by atoms with E-state index in [2.05, 4.69) is 26.2 Å². The number of nitrogens with zero attached hydrogens (tertiary/aromatic N) is 3. The van der Waals surface area contributed by atoms with Crippen LogP contribution in [0.25, 0.3) is 17.0 Å². The first kappa shape index (κ1) is 11.0. The molecule has 0 amide bonds. The molecule has 6 heteroatoms. The average molecular weight is 305 g/mol. The van der Waals surface area contributed by atoms with Gasteiger partial charge in [-0.25, -0.2) is 4.68 Å². The molecule has 18 heavy (non-hydrogen) atoms. The fraction of sp³-hybridized carbons (Fsp3) is 0. The van der Waals surface area contributed by atoms with E-state index in [1.54, 1.807) is 16.9 Å². The Hall–Kier alpha value is -2.08. The van der Waals surface area contributed by atoms with Crippen LogP contribution in [0.3, 0.4) is 0 Å².